The Balaban J connectivity index is 1.71. The first-order valence-corrected chi connectivity index (χ1v) is 9.81. The second-order valence-corrected chi connectivity index (χ2v) is 7.54. The summed E-state index contributed by atoms with van der Waals surface area (Å²) in [6.07, 6.45) is -1.95. The highest BCUT2D eigenvalue weighted by Crippen LogP contribution is 2.35. The van der Waals surface area contributed by atoms with Crippen molar-refractivity contribution in [2.24, 2.45) is 5.84 Å². The van der Waals surface area contributed by atoms with Crippen LogP contribution in [0.3, 0.4) is 0 Å². The van der Waals surface area contributed by atoms with Crippen molar-refractivity contribution in [1.82, 2.24) is 10.3 Å². The van der Waals surface area contributed by atoms with Gasteiger partial charge in [0.05, 0.1) is 11.0 Å². The third-order valence-electron chi connectivity index (χ3n) is 5.59. The summed E-state index contributed by atoms with van der Waals surface area (Å²) in [4.78, 5) is 13.2. The predicted octanol–water partition coefficient (Wildman–Crippen LogP) is 3.66. The molecular weight excluding hydrogens is 379 g/mol. The van der Waals surface area contributed by atoms with Crippen molar-refractivity contribution in [1.29, 1.82) is 0 Å². The SMILES string of the molecule is NN1CCCC(C(=O)NCCc2cccc(C(F)(F)F)c2)(c2ccccc2)CC1. The number of carbonyl (C=O) groups is 1. The number of carbonyl (C=O) groups excluding carboxylic acids is 1. The molecular formula is C22H26F3N3O. The molecule has 0 aliphatic carbocycles. The first kappa shape index (κ1) is 21.3. The van der Waals surface area contributed by atoms with Crippen LogP contribution in [-0.2, 0) is 22.8 Å². The van der Waals surface area contributed by atoms with Gasteiger partial charge in [-0.05, 0) is 42.9 Å². The predicted molar refractivity (Wildman–Crippen MR) is 106 cm³/mol. The molecule has 2 aromatic carbocycles. The molecule has 3 N–H and O–H groups in total. The fourth-order valence-electron chi connectivity index (χ4n) is 3.95. The molecule has 2 aromatic rings. The second-order valence-electron chi connectivity index (χ2n) is 7.54. The lowest BCUT2D eigenvalue weighted by Gasteiger charge is -2.32. The van der Waals surface area contributed by atoms with Crippen molar-refractivity contribution in [2.45, 2.75) is 37.3 Å². The van der Waals surface area contributed by atoms with Crippen molar-refractivity contribution in [2.75, 3.05) is 19.6 Å². The minimum absolute atomic E-state index is 0.0917. The zero-order valence-electron chi connectivity index (χ0n) is 16.2. The van der Waals surface area contributed by atoms with E-state index in [1.165, 1.54) is 6.07 Å². The van der Waals surface area contributed by atoms with E-state index < -0.39 is 17.2 Å². The number of nitrogens with zero attached hydrogens (tertiary/aromatic N) is 1. The molecule has 1 amide bonds. The van der Waals surface area contributed by atoms with E-state index in [0.717, 1.165) is 30.7 Å². The van der Waals surface area contributed by atoms with Gasteiger partial charge in [-0.3, -0.25) is 10.6 Å². The van der Waals surface area contributed by atoms with Gasteiger partial charge in [0, 0.05) is 19.6 Å². The molecule has 29 heavy (non-hydrogen) atoms. The fourth-order valence-corrected chi connectivity index (χ4v) is 3.95. The molecule has 1 fully saturated rings. The van der Waals surface area contributed by atoms with Crippen LogP contribution < -0.4 is 11.2 Å². The van der Waals surface area contributed by atoms with Crippen molar-refractivity contribution in [3.63, 3.8) is 0 Å². The largest absolute Gasteiger partial charge is 0.416 e. The molecule has 1 aliphatic rings. The highest BCUT2D eigenvalue weighted by Gasteiger charge is 2.40. The third kappa shape index (κ3) is 5.16. The summed E-state index contributed by atoms with van der Waals surface area (Å²) in [5, 5.41) is 4.70. The number of hydrogen-bond acceptors (Lipinski definition) is 3. The van der Waals surface area contributed by atoms with E-state index >= 15 is 0 Å². The van der Waals surface area contributed by atoms with E-state index in [1.807, 2.05) is 30.3 Å². The molecule has 7 heteroatoms. The molecule has 0 radical (unpaired) electrons. The van der Waals surface area contributed by atoms with Gasteiger partial charge >= 0.3 is 6.18 Å². The van der Waals surface area contributed by atoms with Gasteiger partial charge in [-0.2, -0.15) is 13.2 Å². The lowest BCUT2D eigenvalue weighted by Crippen LogP contribution is -2.46. The Hall–Kier alpha value is -2.38. The standard InChI is InChI=1S/C22H26F3N3O/c23-22(24,25)19-9-4-6-17(16-19)10-13-27-20(29)21(18-7-2-1-3-8-18)11-5-14-28(26)15-12-21/h1-4,6-9,16H,5,10-15,26H2,(H,27,29). The number of nitrogens with one attached hydrogen (secondary N) is 1. The number of halogens is 3. The first-order chi connectivity index (χ1) is 13.8. The van der Waals surface area contributed by atoms with Crippen LogP contribution in [0.2, 0.25) is 0 Å². The quantitative estimate of drug-likeness (QED) is 0.747. The lowest BCUT2D eigenvalue weighted by molar-refractivity contribution is -0.137. The van der Waals surface area contributed by atoms with E-state index in [2.05, 4.69) is 5.32 Å². The molecule has 1 saturated heterocycles. The number of hydrazine groups is 1. The topological polar surface area (TPSA) is 58.4 Å². The van der Waals surface area contributed by atoms with Gasteiger partial charge in [-0.1, -0.05) is 48.5 Å². The van der Waals surface area contributed by atoms with Gasteiger partial charge in [0.1, 0.15) is 0 Å². The molecule has 1 aliphatic heterocycles. The molecule has 3 rings (SSSR count). The van der Waals surface area contributed by atoms with Crippen LogP contribution in [0, 0.1) is 0 Å². The highest BCUT2D eigenvalue weighted by molar-refractivity contribution is 5.88. The average molecular weight is 405 g/mol. The number of alkyl halides is 3. The van der Waals surface area contributed by atoms with Gasteiger partial charge in [0.15, 0.2) is 0 Å². The zero-order valence-corrected chi connectivity index (χ0v) is 16.2. The second kappa shape index (κ2) is 8.97. The number of amides is 1. The molecule has 0 aromatic heterocycles. The average Bonchev–Trinajstić information content (AvgIpc) is 2.91. The molecule has 4 nitrogen and oxygen atoms in total. The van der Waals surface area contributed by atoms with Crippen LogP contribution >= 0.6 is 0 Å². The molecule has 0 bridgehead atoms. The molecule has 0 saturated carbocycles. The van der Waals surface area contributed by atoms with Crippen molar-refractivity contribution in [3.05, 3.63) is 71.3 Å². The lowest BCUT2D eigenvalue weighted by atomic mass is 9.73. The molecule has 1 atom stereocenters. The zero-order chi connectivity index (χ0) is 20.9. The van der Waals surface area contributed by atoms with Gasteiger partial charge in [0.2, 0.25) is 5.91 Å². The van der Waals surface area contributed by atoms with Gasteiger partial charge in [-0.25, -0.2) is 5.01 Å². The van der Waals surface area contributed by atoms with Crippen LogP contribution in [0.25, 0.3) is 0 Å². The molecule has 1 heterocycles. The maximum atomic E-state index is 13.2. The maximum Gasteiger partial charge on any atom is 0.416 e. The Labute approximate surface area is 168 Å². The number of nitrogens with two attached hydrogens (primary N) is 1. The fraction of sp³-hybridized carbons (Fsp3) is 0.409. The van der Waals surface area contributed by atoms with Crippen LogP contribution in [0.4, 0.5) is 13.2 Å². The van der Waals surface area contributed by atoms with Crippen LogP contribution in [0.1, 0.15) is 36.0 Å². The minimum atomic E-state index is -4.37. The smallest absolute Gasteiger partial charge is 0.355 e. The van der Waals surface area contributed by atoms with Gasteiger partial charge in [-0.15, -0.1) is 0 Å². The summed E-state index contributed by atoms with van der Waals surface area (Å²) in [6.45, 7) is 1.61. The molecule has 156 valence electrons. The van der Waals surface area contributed by atoms with Crippen LogP contribution in [0.5, 0.6) is 0 Å². The van der Waals surface area contributed by atoms with Crippen molar-refractivity contribution < 1.29 is 18.0 Å². The summed E-state index contributed by atoms with van der Waals surface area (Å²) in [6, 6.07) is 14.9. The first-order valence-electron chi connectivity index (χ1n) is 9.81. The summed E-state index contributed by atoms with van der Waals surface area (Å²) in [7, 11) is 0. The Kier molecular flexibility index (Phi) is 6.59. The minimum Gasteiger partial charge on any atom is -0.355 e. The number of rotatable bonds is 5. The van der Waals surface area contributed by atoms with Crippen molar-refractivity contribution >= 4 is 5.91 Å². The normalized spacial score (nSPS) is 20.8. The van der Waals surface area contributed by atoms with E-state index in [-0.39, 0.29) is 12.5 Å². The maximum absolute atomic E-state index is 13.2. The van der Waals surface area contributed by atoms with E-state index in [0.29, 0.717) is 31.4 Å². The summed E-state index contributed by atoms with van der Waals surface area (Å²) in [5.74, 6) is 5.88. The Morgan fingerprint density at radius 2 is 1.83 bits per heavy atom. The summed E-state index contributed by atoms with van der Waals surface area (Å²) in [5.41, 5.74) is 0.145. The number of hydrogen-bond donors (Lipinski definition) is 2. The van der Waals surface area contributed by atoms with Gasteiger partial charge < -0.3 is 5.32 Å². The van der Waals surface area contributed by atoms with Crippen LogP contribution in [-0.4, -0.2) is 30.6 Å². The van der Waals surface area contributed by atoms with Crippen LogP contribution in [0.15, 0.2) is 54.6 Å². The van der Waals surface area contributed by atoms with E-state index in [4.69, 9.17) is 5.84 Å². The molecule has 0 spiro atoms. The Morgan fingerprint density at radius 3 is 2.55 bits per heavy atom. The summed E-state index contributed by atoms with van der Waals surface area (Å²) >= 11 is 0. The Bertz CT molecular complexity index is 826. The summed E-state index contributed by atoms with van der Waals surface area (Å²) < 4.78 is 38.7. The highest BCUT2D eigenvalue weighted by atomic mass is 19.4. The third-order valence-corrected chi connectivity index (χ3v) is 5.59. The monoisotopic (exact) mass is 405 g/mol. The molecule has 1 unspecified atom stereocenters. The Morgan fingerprint density at radius 1 is 1.07 bits per heavy atom. The van der Waals surface area contributed by atoms with Crippen molar-refractivity contribution in [3.8, 4) is 0 Å². The van der Waals surface area contributed by atoms with E-state index in [9.17, 15) is 18.0 Å². The number of benzene rings is 2. The van der Waals surface area contributed by atoms with E-state index in [1.54, 1.807) is 11.1 Å². The van der Waals surface area contributed by atoms with Gasteiger partial charge in [0.25, 0.3) is 0 Å².